The van der Waals surface area contributed by atoms with E-state index in [9.17, 15) is 4.79 Å². The minimum atomic E-state index is -0.224. The molecule has 1 aliphatic heterocycles. The van der Waals surface area contributed by atoms with Gasteiger partial charge in [0.2, 0.25) is 0 Å². The fraction of sp³-hybridized carbons (Fsp3) is 0.462. The number of likely N-dealkylation sites (tertiary alicyclic amines) is 1. The first-order chi connectivity index (χ1) is 16.2. The molecule has 1 aliphatic rings. The number of rotatable bonds is 9. The predicted molar refractivity (Wildman–Crippen MR) is 131 cm³/mol. The first-order valence-corrected chi connectivity index (χ1v) is 11.9. The Morgan fingerprint density at radius 2 is 1.82 bits per heavy atom. The first kappa shape index (κ1) is 23.1. The summed E-state index contributed by atoms with van der Waals surface area (Å²) in [4.78, 5) is 20.0. The Morgan fingerprint density at radius 3 is 2.55 bits per heavy atom. The molecule has 1 saturated heterocycles. The van der Waals surface area contributed by atoms with Gasteiger partial charge in [-0.05, 0) is 62.7 Å². The third kappa shape index (κ3) is 5.85. The summed E-state index contributed by atoms with van der Waals surface area (Å²) in [5.74, 6) is 2.03. The highest BCUT2D eigenvalue weighted by molar-refractivity contribution is 5.94. The molecule has 33 heavy (non-hydrogen) atoms. The Labute approximate surface area is 195 Å². The number of ether oxygens (including phenoxy) is 2. The second kappa shape index (κ2) is 11.2. The number of carbonyl (C=O) groups is 1. The number of hydrogen-bond acceptors (Lipinski definition) is 5. The van der Waals surface area contributed by atoms with Gasteiger partial charge in [0.25, 0.3) is 5.91 Å². The third-order valence-electron chi connectivity index (χ3n) is 6.05. The van der Waals surface area contributed by atoms with Gasteiger partial charge in [-0.1, -0.05) is 31.9 Å². The van der Waals surface area contributed by atoms with Gasteiger partial charge in [0.05, 0.1) is 24.7 Å². The smallest absolute Gasteiger partial charge is 0.262 e. The number of benzene rings is 2. The number of aromatic nitrogens is 2. The standard InChI is InChI=1S/C26H34N4O3/c1-3-14-30-22-13-12-20(27-26(31)19-33-24-11-7-6-10-23(24)32-2)17-21(22)28-25(30)18-29-15-8-4-5-9-16-29/h6-7,10-13,17H,3-5,8-9,14-16,18-19H2,1-2H3,(H,27,31). The minimum absolute atomic E-state index is 0.0943. The van der Waals surface area contributed by atoms with Gasteiger partial charge in [0, 0.05) is 12.2 Å². The van der Waals surface area contributed by atoms with Crippen LogP contribution in [-0.4, -0.2) is 47.2 Å². The van der Waals surface area contributed by atoms with Crippen LogP contribution in [0.5, 0.6) is 11.5 Å². The molecule has 2 heterocycles. The third-order valence-corrected chi connectivity index (χ3v) is 6.05. The van der Waals surface area contributed by atoms with Crippen LogP contribution in [0.3, 0.4) is 0 Å². The van der Waals surface area contributed by atoms with E-state index in [1.165, 1.54) is 25.7 Å². The van der Waals surface area contributed by atoms with Crippen LogP contribution in [-0.2, 0) is 17.9 Å². The largest absolute Gasteiger partial charge is 0.493 e. The highest BCUT2D eigenvalue weighted by Crippen LogP contribution is 2.26. The van der Waals surface area contributed by atoms with Crippen molar-refractivity contribution in [2.75, 3.05) is 32.1 Å². The molecule has 1 amide bonds. The number of nitrogens with zero attached hydrogens (tertiary/aromatic N) is 3. The lowest BCUT2D eigenvalue weighted by Gasteiger charge is -2.20. The molecule has 0 bridgehead atoms. The number of methoxy groups -OCH3 is 1. The Kier molecular flexibility index (Phi) is 7.83. The Morgan fingerprint density at radius 1 is 1.06 bits per heavy atom. The van der Waals surface area contributed by atoms with Crippen molar-refractivity contribution in [2.24, 2.45) is 0 Å². The number of para-hydroxylation sites is 2. The lowest BCUT2D eigenvalue weighted by atomic mass is 10.2. The normalized spacial score (nSPS) is 14.7. The fourth-order valence-corrected chi connectivity index (χ4v) is 4.42. The summed E-state index contributed by atoms with van der Waals surface area (Å²) < 4.78 is 13.2. The van der Waals surface area contributed by atoms with E-state index < -0.39 is 0 Å². The van der Waals surface area contributed by atoms with E-state index in [0.717, 1.165) is 55.1 Å². The number of carbonyl (C=O) groups excluding carboxylic acids is 1. The molecule has 0 saturated carbocycles. The maximum atomic E-state index is 12.5. The second-order valence-electron chi connectivity index (χ2n) is 8.56. The molecule has 1 aromatic heterocycles. The summed E-state index contributed by atoms with van der Waals surface area (Å²) in [7, 11) is 1.58. The maximum absolute atomic E-state index is 12.5. The summed E-state index contributed by atoms with van der Waals surface area (Å²) in [6, 6.07) is 13.2. The molecule has 0 aliphatic carbocycles. The van der Waals surface area contributed by atoms with Crippen molar-refractivity contribution in [3.8, 4) is 11.5 Å². The van der Waals surface area contributed by atoms with Crippen LogP contribution in [0.25, 0.3) is 11.0 Å². The van der Waals surface area contributed by atoms with E-state index in [2.05, 4.69) is 27.8 Å². The van der Waals surface area contributed by atoms with E-state index in [0.29, 0.717) is 11.5 Å². The number of fused-ring (bicyclic) bond motifs is 1. The molecule has 1 fully saturated rings. The van der Waals surface area contributed by atoms with Crippen LogP contribution in [0.2, 0.25) is 0 Å². The van der Waals surface area contributed by atoms with E-state index in [4.69, 9.17) is 14.5 Å². The average molecular weight is 451 g/mol. The monoisotopic (exact) mass is 450 g/mol. The number of anilines is 1. The van der Waals surface area contributed by atoms with Crippen molar-refractivity contribution in [3.05, 3.63) is 48.3 Å². The zero-order valence-electron chi connectivity index (χ0n) is 19.7. The molecule has 2 aromatic carbocycles. The lowest BCUT2D eigenvalue weighted by molar-refractivity contribution is -0.118. The Bertz CT molecular complexity index is 1070. The molecule has 176 valence electrons. The summed E-state index contributed by atoms with van der Waals surface area (Å²) in [5.41, 5.74) is 2.75. The molecular formula is C26H34N4O3. The molecule has 1 N–H and O–H groups in total. The van der Waals surface area contributed by atoms with Gasteiger partial charge in [0.15, 0.2) is 18.1 Å². The summed E-state index contributed by atoms with van der Waals surface area (Å²) in [6.07, 6.45) is 6.23. The van der Waals surface area contributed by atoms with Crippen molar-refractivity contribution < 1.29 is 14.3 Å². The van der Waals surface area contributed by atoms with Gasteiger partial charge >= 0.3 is 0 Å². The molecule has 0 radical (unpaired) electrons. The average Bonchev–Trinajstić information content (AvgIpc) is 2.98. The van der Waals surface area contributed by atoms with Crippen LogP contribution in [0.1, 0.15) is 44.9 Å². The van der Waals surface area contributed by atoms with E-state index in [1.807, 2.05) is 24.3 Å². The number of amides is 1. The van der Waals surface area contributed by atoms with Crippen LogP contribution in [0.15, 0.2) is 42.5 Å². The number of nitrogens with one attached hydrogen (secondary N) is 1. The predicted octanol–water partition coefficient (Wildman–Crippen LogP) is 4.85. The van der Waals surface area contributed by atoms with Gasteiger partial charge in [-0.2, -0.15) is 0 Å². The summed E-state index contributed by atoms with van der Waals surface area (Å²) >= 11 is 0. The van der Waals surface area contributed by atoms with Crippen LogP contribution >= 0.6 is 0 Å². The van der Waals surface area contributed by atoms with Crippen molar-refractivity contribution in [1.29, 1.82) is 0 Å². The van der Waals surface area contributed by atoms with E-state index >= 15 is 0 Å². The molecule has 3 aromatic rings. The zero-order chi connectivity index (χ0) is 23.0. The summed E-state index contributed by atoms with van der Waals surface area (Å²) in [6.45, 7) is 6.20. The Balaban J connectivity index is 1.45. The van der Waals surface area contributed by atoms with Crippen molar-refractivity contribution >= 4 is 22.6 Å². The van der Waals surface area contributed by atoms with Crippen molar-refractivity contribution in [1.82, 2.24) is 14.5 Å². The zero-order valence-corrected chi connectivity index (χ0v) is 19.7. The highest BCUT2D eigenvalue weighted by Gasteiger charge is 2.16. The number of hydrogen-bond donors (Lipinski definition) is 1. The van der Waals surface area contributed by atoms with Crippen molar-refractivity contribution in [3.63, 3.8) is 0 Å². The van der Waals surface area contributed by atoms with Gasteiger partial charge in [0.1, 0.15) is 5.82 Å². The quantitative estimate of drug-likeness (QED) is 0.505. The topological polar surface area (TPSA) is 68.6 Å². The van der Waals surface area contributed by atoms with Gasteiger partial charge < -0.3 is 19.4 Å². The second-order valence-corrected chi connectivity index (χ2v) is 8.56. The van der Waals surface area contributed by atoms with Crippen molar-refractivity contribution in [2.45, 2.75) is 52.1 Å². The van der Waals surface area contributed by atoms with Crippen LogP contribution in [0.4, 0.5) is 5.69 Å². The first-order valence-electron chi connectivity index (χ1n) is 11.9. The van der Waals surface area contributed by atoms with Gasteiger partial charge in [-0.15, -0.1) is 0 Å². The molecule has 4 rings (SSSR count). The summed E-state index contributed by atoms with van der Waals surface area (Å²) in [5, 5.41) is 2.93. The number of aryl methyl sites for hydroxylation is 1. The van der Waals surface area contributed by atoms with Gasteiger partial charge in [-0.3, -0.25) is 9.69 Å². The highest BCUT2D eigenvalue weighted by atomic mass is 16.5. The molecule has 0 atom stereocenters. The number of imidazole rings is 1. The molecule has 0 spiro atoms. The SMILES string of the molecule is CCCn1c(CN2CCCCCC2)nc2cc(NC(=O)COc3ccccc3OC)ccc21. The molecule has 7 heteroatoms. The Hall–Kier alpha value is -3.06. The lowest BCUT2D eigenvalue weighted by Crippen LogP contribution is -2.26. The molecular weight excluding hydrogens is 416 g/mol. The minimum Gasteiger partial charge on any atom is -0.493 e. The van der Waals surface area contributed by atoms with E-state index in [1.54, 1.807) is 19.2 Å². The maximum Gasteiger partial charge on any atom is 0.262 e. The molecule has 0 unspecified atom stereocenters. The van der Waals surface area contributed by atoms with Crippen LogP contribution < -0.4 is 14.8 Å². The molecule has 7 nitrogen and oxygen atoms in total. The van der Waals surface area contributed by atoms with E-state index in [-0.39, 0.29) is 12.5 Å². The van der Waals surface area contributed by atoms with Gasteiger partial charge in [-0.25, -0.2) is 4.98 Å². The fourth-order valence-electron chi connectivity index (χ4n) is 4.42. The van der Waals surface area contributed by atoms with Crippen LogP contribution in [0, 0.1) is 0 Å².